The number of phenolic OH excluding ortho intramolecular Hbond substituents is 1. The summed E-state index contributed by atoms with van der Waals surface area (Å²) in [4.78, 5) is 42.7. The van der Waals surface area contributed by atoms with E-state index in [4.69, 9.17) is 4.74 Å². The number of carbonyl (C=O) groups excluding carboxylic acids is 3. The first-order valence-electron chi connectivity index (χ1n) is 13.5. The van der Waals surface area contributed by atoms with Crippen molar-refractivity contribution in [3.63, 3.8) is 0 Å². The fourth-order valence-corrected chi connectivity index (χ4v) is 4.20. The molecule has 3 amide bonds. The highest BCUT2D eigenvalue weighted by Gasteiger charge is 2.39. The highest BCUT2D eigenvalue weighted by atomic mass is 16.6. The van der Waals surface area contributed by atoms with Crippen LogP contribution in [0.15, 0.2) is 48.5 Å². The molecule has 0 saturated heterocycles. The van der Waals surface area contributed by atoms with E-state index in [1.807, 2.05) is 65.0 Å². The summed E-state index contributed by atoms with van der Waals surface area (Å²) in [6.45, 7) is 16.5. The topological polar surface area (TPSA) is 108 Å². The van der Waals surface area contributed by atoms with E-state index >= 15 is 0 Å². The summed E-state index contributed by atoms with van der Waals surface area (Å²) in [5.74, 6) is -0.653. The molecule has 0 aliphatic carbocycles. The van der Waals surface area contributed by atoms with Crippen molar-refractivity contribution >= 4 is 17.9 Å². The zero-order valence-corrected chi connectivity index (χ0v) is 24.8. The molecule has 8 nitrogen and oxygen atoms in total. The Bertz CT molecular complexity index is 1140. The molecule has 0 fully saturated rings. The minimum atomic E-state index is -0.996. The van der Waals surface area contributed by atoms with Crippen LogP contribution in [-0.4, -0.2) is 51.1 Å². The molecule has 3 N–H and O–H groups in total. The average molecular weight is 540 g/mol. The predicted octanol–water partition coefficient (Wildman–Crippen LogP) is 5.42. The summed E-state index contributed by atoms with van der Waals surface area (Å²) in [6.07, 6.45) is 0.0813. The highest BCUT2D eigenvalue weighted by Crippen LogP contribution is 2.30. The van der Waals surface area contributed by atoms with E-state index in [0.29, 0.717) is 17.5 Å². The first-order valence-corrected chi connectivity index (χ1v) is 13.5. The molecule has 0 bridgehead atoms. The molecular formula is C31H45N3O5. The molecule has 2 aromatic carbocycles. The number of aryl methyl sites for hydroxylation is 1. The van der Waals surface area contributed by atoms with E-state index in [0.717, 1.165) is 5.56 Å². The van der Waals surface area contributed by atoms with Gasteiger partial charge in [-0.25, -0.2) is 4.79 Å². The number of nitrogens with one attached hydrogen (secondary N) is 2. The Morgan fingerprint density at radius 2 is 1.62 bits per heavy atom. The minimum absolute atomic E-state index is 0.101. The van der Waals surface area contributed by atoms with Crippen molar-refractivity contribution in [1.29, 1.82) is 0 Å². The van der Waals surface area contributed by atoms with Crippen molar-refractivity contribution in [3.8, 4) is 5.75 Å². The molecule has 8 heteroatoms. The second-order valence-electron chi connectivity index (χ2n) is 12.1. The summed E-state index contributed by atoms with van der Waals surface area (Å²) in [7, 11) is 0. The normalized spacial score (nSPS) is 14.1. The molecule has 0 radical (unpaired) electrons. The van der Waals surface area contributed by atoms with Crippen LogP contribution in [0.3, 0.4) is 0 Å². The van der Waals surface area contributed by atoms with Gasteiger partial charge >= 0.3 is 6.09 Å². The Hall–Kier alpha value is -3.55. The van der Waals surface area contributed by atoms with Gasteiger partial charge in [0.2, 0.25) is 11.8 Å². The van der Waals surface area contributed by atoms with E-state index in [1.54, 1.807) is 44.7 Å². The van der Waals surface area contributed by atoms with Crippen molar-refractivity contribution in [2.24, 2.45) is 0 Å². The molecule has 0 aliphatic heterocycles. The van der Waals surface area contributed by atoms with Crippen molar-refractivity contribution in [2.75, 3.05) is 0 Å². The fraction of sp³-hybridized carbons (Fsp3) is 0.516. The number of nitrogens with zero attached hydrogens (tertiary/aromatic N) is 1. The second kappa shape index (κ2) is 13.0. The second-order valence-corrected chi connectivity index (χ2v) is 12.1. The van der Waals surface area contributed by atoms with Gasteiger partial charge in [0.25, 0.3) is 0 Å². The average Bonchev–Trinajstić information content (AvgIpc) is 2.81. The number of alkyl carbamates (subject to hydrolysis) is 1. The molecule has 214 valence electrons. The lowest BCUT2D eigenvalue weighted by atomic mass is 9.96. The van der Waals surface area contributed by atoms with Crippen LogP contribution in [0.25, 0.3) is 0 Å². The summed E-state index contributed by atoms with van der Waals surface area (Å²) < 4.78 is 5.48. The maximum Gasteiger partial charge on any atom is 0.408 e. The van der Waals surface area contributed by atoms with Gasteiger partial charge in [-0.1, -0.05) is 43.3 Å². The van der Waals surface area contributed by atoms with Gasteiger partial charge in [-0.3, -0.25) is 9.59 Å². The van der Waals surface area contributed by atoms with Crippen LogP contribution in [-0.2, 0) is 20.7 Å². The number of carbonyl (C=O) groups is 3. The Labute approximate surface area is 233 Å². The molecule has 0 heterocycles. The third-order valence-electron chi connectivity index (χ3n) is 6.15. The largest absolute Gasteiger partial charge is 0.508 e. The van der Waals surface area contributed by atoms with Gasteiger partial charge in [0, 0.05) is 18.0 Å². The summed E-state index contributed by atoms with van der Waals surface area (Å²) in [5.41, 5.74) is 0.706. The van der Waals surface area contributed by atoms with Crippen LogP contribution >= 0.6 is 0 Å². The lowest BCUT2D eigenvalue weighted by Gasteiger charge is -2.39. The summed E-state index contributed by atoms with van der Waals surface area (Å²) in [6, 6.07) is 12.0. The lowest BCUT2D eigenvalue weighted by Crippen LogP contribution is -2.57. The number of hydrogen-bond donors (Lipinski definition) is 3. The quantitative estimate of drug-likeness (QED) is 0.394. The predicted molar refractivity (Wildman–Crippen MR) is 153 cm³/mol. The first-order chi connectivity index (χ1) is 18.0. The van der Waals surface area contributed by atoms with Crippen LogP contribution in [0.4, 0.5) is 4.79 Å². The fourth-order valence-electron chi connectivity index (χ4n) is 4.20. The smallest absolute Gasteiger partial charge is 0.408 e. The van der Waals surface area contributed by atoms with Crippen molar-refractivity contribution in [1.82, 2.24) is 15.5 Å². The molecule has 2 aromatic rings. The van der Waals surface area contributed by atoms with Crippen LogP contribution < -0.4 is 10.6 Å². The standard InChI is InChI=1S/C31H45N3O5/c1-10-21(3)34(26(27(36)33-30(4,5)6)23-16-17-25(35)20(2)18-23)28(37)24(19-22-14-12-11-13-15-22)32-29(38)39-31(7,8)9/h11-18,21,24,26,35H,10,19H2,1-9H3,(H,32,38)(H,33,36). The monoisotopic (exact) mass is 539 g/mol. The van der Waals surface area contributed by atoms with Gasteiger partial charge in [0.15, 0.2) is 0 Å². The zero-order valence-electron chi connectivity index (χ0n) is 24.8. The van der Waals surface area contributed by atoms with Gasteiger partial charge in [-0.05, 0) is 90.6 Å². The van der Waals surface area contributed by atoms with E-state index in [2.05, 4.69) is 10.6 Å². The first kappa shape index (κ1) is 31.7. The van der Waals surface area contributed by atoms with Crippen molar-refractivity contribution < 1.29 is 24.2 Å². The third-order valence-corrected chi connectivity index (χ3v) is 6.15. The lowest BCUT2D eigenvalue weighted by molar-refractivity contribution is -0.145. The number of rotatable bonds is 9. The maximum atomic E-state index is 14.4. The number of aromatic hydroxyl groups is 1. The molecule has 2 rings (SSSR count). The van der Waals surface area contributed by atoms with Gasteiger partial charge in [-0.2, -0.15) is 0 Å². The number of benzene rings is 2. The molecule has 39 heavy (non-hydrogen) atoms. The van der Waals surface area contributed by atoms with Crippen LogP contribution in [0.2, 0.25) is 0 Å². The molecule has 3 unspecified atom stereocenters. The Morgan fingerprint density at radius 1 is 1.00 bits per heavy atom. The molecule has 0 spiro atoms. The Balaban J connectivity index is 2.63. The van der Waals surface area contributed by atoms with Gasteiger partial charge in [0.1, 0.15) is 23.4 Å². The Morgan fingerprint density at radius 3 is 2.13 bits per heavy atom. The van der Waals surface area contributed by atoms with Crippen LogP contribution in [0, 0.1) is 6.92 Å². The summed E-state index contributed by atoms with van der Waals surface area (Å²) >= 11 is 0. The number of phenols is 1. The Kier molecular flexibility index (Phi) is 10.6. The number of amides is 3. The SMILES string of the molecule is CCC(C)N(C(=O)C(Cc1ccccc1)NC(=O)OC(C)(C)C)C(C(=O)NC(C)(C)C)c1ccc(O)c(C)c1. The number of hydrogen-bond acceptors (Lipinski definition) is 5. The van der Waals surface area contributed by atoms with E-state index < -0.39 is 35.2 Å². The molecule has 0 aliphatic rings. The van der Waals surface area contributed by atoms with Crippen LogP contribution in [0.5, 0.6) is 5.75 Å². The van der Waals surface area contributed by atoms with Gasteiger partial charge < -0.3 is 25.4 Å². The van der Waals surface area contributed by atoms with Crippen LogP contribution in [0.1, 0.15) is 84.5 Å². The van der Waals surface area contributed by atoms with E-state index in [1.165, 1.54) is 6.07 Å². The number of ether oxygens (including phenoxy) is 1. The third kappa shape index (κ3) is 9.61. The van der Waals surface area contributed by atoms with Crippen molar-refractivity contribution in [2.45, 2.75) is 104 Å². The van der Waals surface area contributed by atoms with Crippen molar-refractivity contribution in [3.05, 3.63) is 65.2 Å². The van der Waals surface area contributed by atoms with Gasteiger partial charge in [0.05, 0.1) is 0 Å². The highest BCUT2D eigenvalue weighted by molar-refractivity contribution is 5.92. The van der Waals surface area contributed by atoms with Gasteiger partial charge in [-0.15, -0.1) is 0 Å². The molecule has 0 saturated carbocycles. The minimum Gasteiger partial charge on any atom is -0.508 e. The molecular weight excluding hydrogens is 494 g/mol. The molecule has 0 aromatic heterocycles. The van der Waals surface area contributed by atoms with E-state index in [-0.39, 0.29) is 24.1 Å². The molecule has 3 atom stereocenters. The maximum absolute atomic E-state index is 14.4. The van der Waals surface area contributed by atoms with E-state index in [9.17, 15) is 19.5 Å². The summed E-state index contributed by atoms with van der Waals surface area (Å²) in [5, 5.41) is 15.9. The zero-order chi connectivity index (χ0) is 29.5.